The summed E-state index contributed by atoms with van der Waals surface area (Å²) in [6, 6.07) is 22.4. The van der Waals surface area contributed by atoms with Gasteiger partial charge in [0.1, 0.15) is 6.54 Å². The second kappa shape index (κ2) is 8.74. The van der Waals surface area contributed by atoms with Gasteiger partial charge in [-0.25, -0.2) is 18.2 Å². The lowest BCUT2D eigenvalue weighted by Crippen LogP contribution is -2.30. The van der Waals surface area contributed by atoms with Crippen molar-refractivity contribution in [1.29, 1.82) is 0 Å². The van der Waals surface area contributed by atoms with E-state index in [2.05, 4.69) is 10.4 Å². The van der Waals surface area contributed by atoms with Gasteiger partial charge in [0.2, 0.25) is 15.9 Å². The lowest BCUT2D eigenvalue weighted by atomic mass is 10.0. The highest BCUT2D eigenvalue weighted by Crippen LogP contribution is 2.17. The molecule has 32 heavy (non-hydrogen) atoms. The molecule has 3 N–H and O–H groups in total. The Morgan fingerprint density at radius 3 is 2.19 bits per heavy atom. The smallest absolute Gasteiger partial charge is 0.275 e. The van der Waals surface area contributed by atoms with Gasteiger partial charge in [0.15, 0.2) is 0 Å². The Morgan fingerprint density at radius 2 is 1.53 bits per heavy atom. The molecule has 0 spiro atoms. The number of carbonyl (C=O) groups excluding carboxylic acids is 1. The Morgan fingerprint density at radius 1 is 0.906 bits per heavy atom. The molecule has 0 radical (unpaired) electrons. The van der Waals surface area contributed by atoms with Crippen LogP contribution in [0.2, 0.25) is 0 Å². The van der Waals surface area contributed by atoms with Gasteiger partial charge >= 0.3 is 0 Å². The number of fused-ring (bicyclic) bond motifs is 1. The maximum atomic E-state index is 12.9. The van der Waals surface area contributed by atoms with Crippen molar-refractivity contribution in [2.24, 2.45) is 5.14 Å². The van der Waals surface area contributed by atoms with Crippen LogP contribution in [0.1, 0.15) is 11.3 Å². The van der Waals surface area contributed by atoms with Crippen LogP contribution in [-0.4, -0.2) is 24.1 Å². The first kappa shape index (κ1) is 21.4. The van der Waals surface area contributed by atoms with Crippen molar-refractivity contribution in [2.45, 2.75) is 17.9 Å². The molecule has 0 aliphatic carbocycles. The molecule has 4 aromatic rings. The standard InChI is InChI=1S/C23H20N4O4S/c24-32(30,31)18-12-10-17(11-13-18)25-22(28)15-27-23(29)20-9-5-4-8-19(20)21(26-27)14-16-6-2-1-3-7-16/h1-13H,14-15H2,(H,25,28)(H2,24,30,31). The number of nitrogens with two attached hydrogens (primary N) is 1. The summed E-state index contributed by atoms with van der Waals surface area (Å²) in [4.78, 5) is 25.4. The van der Waals surface area contributed by atoms with Gasteiger partial charge in [-0.05, 0) is 35.9 Å². The molecule has 3 aromatic carbocycles. The maximum Gasteiger partial charge on any atom is 0.275 e. The van der Waals surface area contributed by atoms with Crippen molar-refractivity contribution in [3.63, 3.8) is 0 Å². The van der Waals surface area contributed by atoms with Gasteiger partial charge in [-0.3, -0.25) is 9.59 Å². The second-order valence-corrected chi connectivity index (χ2v) is 8.80. The molecular weight excluding hydrogens is 428 g/mol. The number of amides is 1. The molecule has 8 nitrogen and oxygen atoms in total. The van der Waals surface area contributed by atoms with Gasteiger partial charge in [0, 0.05) is 17.5 Å². The third kappa shape index (κ3) is 4.74. The molecule has 0 fully saturated rings. The molecule has 4 rings (SSSR count). The molecular formula is C23H20N4O4S. The fraction of sp³-hybridized carbons (Fsp3) is 0.0870. The second-order valence-electron chi connectivity index (χ2n) is 7.24. The SMILES string of the molecule is NS(=O)(=O)c1ccc(NC(=O)Cn2nc(Cc3ccccc3)c3ccccc3c2=O)cc1. The van der Waals surface area contributed by atoms with Crippen LogP contribution in [0.4, 0.5) is 5.69 Å². The minimum Gasteiger partial charge on any atom is -0.324 e. The molecule has 1 aromatic heterocycles. The van der Waals surface area contributed by atoms with Gasteiger partial charge in [-0.1, -0.05) is 48.5 Å². The summed E-state index contributed by atoms with van der Waals surface area (Å²) < 4.78 is 23.9. The van der Waals surface area contributed by atoms with Crippen LogP contribution in [0.15, 0.2) is 88.6 Å². The van der Waals surface area contributed by atoms with Gasteiger partial charge < -0.3 is 5.32 Å². The largest absolute Gasteiger partial charge is 0.324 e. The molecule has 0 aliphatic heterocycles. The Bertz CT molecular complexity index is 1450. The Balaban J connectivity index is 1.61. The highest BCUT2D eigenvalue weighted by atomic mass is 32.2. The first-order valence-electron chi connectivity index (χ1n) is 9.76. The van der Waals surface area contributed by atoms with Crippen molar-refractivity contribution >= 4 is 32.4 Å². The lowest BCUT2D eigenvalue weighted by molar-refractivity contribution is -0.117. The summed E-state index contributed by atoms with van der Waals surface area (Å²) >= 11 is 0. The fourth-order valence-electron chi connectivity index (χ4n) is 3.40. The van der Waals surface area contributed by atoms with E-state index in [-0.39, 0.29) is 17.0 Å². The summed E-state index contributed by atoms with van der Waals surface area (Å²) in [5.41, 5.74) is 1.74. The summed E-state index contributed by atoms with van der Waals surface area (Å²) in [6.45, 7) is -0.289. The van der Waals surface area contributed by atoms with E-state index in [1.54, 1.807) is 12.1 Å². The number of anilines is 1. The Kier molecular flexibility index (Phi) is 5.85. The zero-order valence-corrected chi connectivity index (χ0v) is 17.7. The van der Waals surface area contributed by atoms with E-state index in [1.165, 1.54) is 24.3 Å². The molecule has 0 atom stereocenters. The molecule has 1 heterocycles. The number of benzene rings is 3. The van der Waals surface area contributed by atoms with E-state index in [4.69, 9.17) is 5.14 Å². The van der Waals surface area contributed by atoms with Crippen LogP contribution in [0.5, 0.6) is 0 Å². The van der Waals surface area contributed by atoms with E-state index in [0.717, 1.165) is 15.6 Å². The number of hydrogen-bond acceptors (Lipinski definition) is 5. The normalized spacial score (nSPS) is 11.4. The number of hydrogen-bond donors (Lipinski definition) is 2. The van der Waals surface area contributed by atoms with Crippen molar-refractivity contribution in [3.05, 3.63) is 100 Å². The third-order valence-corrected chi connectivity index (χ3v) is 5.85. The Labute approximate surface area is 184 Å². The number of nitrogens with one attached hydrogen (secondary N) is 1. The molecule has 0 saturated heterocycles. The van der Waals surface area contributed by atoms with Crippen molar-refractivity contribution in [1.82, 2.24) is 9.78 Å². The summed E-state index contributed by atoms with van der Waals surface area (Å²) in [5.74, 6) is -0.469. The minimum absolute atomic E-state index is 0.0616. The van der Waals surface area contributed by atoms with Crippen molar-refractivity contribution in [3.8, 4) is 0 Å². The number of carbonyl (C=O) groups is 1. The number of nitrogens with zero attached hydrogens (tertiary/aromatic N) is 2. The molecule has 9 heteroatoms. The van der Waals surface area contributed by atoms with Crippen LogP contribution in [0.3, 0.4) is 0 Å². The predicted octanol–water partition coefficient (Wildman–Crippen LogP) is 2.27. The van der Waals surface area contributed by atoms with Crippen LogP contribution in [0.25, 0.3) is 10.8 Å². The van der Waals surface area contributed by atoms with Gasteiger partial charge in [0.25, 0.3) is 5.56 Å². The van der Waals surface area contributed by atoms with Gasteiger partial charge in [-0.2, -0.15) is 5.10 Å². The average molecular weight is 449 g/mol. The van der Waals surface area contributed by atoms with Crippen LogP contribution >= 0.6 is 0 Å². The van der Waals surface area contributed by atoms with E-state index >= 15 is 0 Å². The van der Waals surface area contributed by atoms with Crippen LogP contribution < -0.4 is 16.0 Å². The number of rotatable bonds is 6. The van der Waals surface area contributed by atoms with E-state index < -0.39 is 15.9 Å². The molecule has 0 unspecified atom stereocenters. The molecule has 0 saturated carbocycles. The van der Waals surface area contributed by atoms with Crippen LogP contribution in [-0.2, 0) is 27.8 Å². The van der Waals surface area contributed by atoms with Crippen molar-refractivity contribution in [2.75, 3.05) is 5.32 Å². The summed E-state index contributed by atoms with van der Waals surface area (Å²) in [6.07, 6.45) is 0.512. The topological polar surface area (TPSA) is 124 Å². The average Bonchev–Trinajstić information content (AvgIpc) is 2.77. The number of primary sulfonamides is 1. The van der Waals surface area contributed by atoms with Crippen molar-refractivity contribution < 1.29 is 13.2 Å². The molecule has 0 aliphatic rings. The highest BCUT2D eigenvalue weighted by Gasteiger charge is 2.14. The third-order valence-electron chi connectivity index (χ3n) is 4.92. The van der Waals surface area contributed by atoms with E-state index in [1.807, 2.05) is 42.5 Å². The predicted molar refractivity (Wildman–Crippen MR) is 122 cm³/mol. The van der Waals surface area contributed by atoms with Crippen LogP contribution in [0, 0.1) is 0 Å². The zero-order chi connectivity index (χ0) is 22.7. The highest BCUT2D eigenvalue weighted by molar-refractivity contribution is 7.89. The quantitative estimate of drug-likeness (QED) is 0.468. The first-order chi connectivity index (χ1) is 15.3. The Hall–Kier alpha value is -3.82. The molecule has 1 amide bonds. The number of aromatic nitrogens is 2. The number of sulfonamides is 1. The van der Waals surface area contributed by atoms with E-state index in [0.29, 0.717) is 23.2 Å². The summed E-state index contributed by atoms with van der Waals surface area (Å²) in [5, 5.41) is 13.4. The molecule has 0 bridgehead atoms. The lowest BCUT2D eigenvalue weighted by Gasteiger charge is -2.12. The fourth-order valence-corrected chi connectivity index (χ4v) is 3.91. The summed E-state index contributed by atoms with van der Waals surface area (Å²) in [7, 11) is -3.82. The van der Waals surface area contributed by atoms with Gasteiger partial charge in [-0.15, -0.1) is 0 Å². The molecule has 162 valence electrons. The van der Waals surface area contributed by atoms with Gasteiger partial charge in [0.05, 0.1) is 16.0 Å². The minimum atomic E-state index is -3.82. The maximum absolute atomic E-state index is 12.9. The van der Waals surface area contributed by atoms with E-state index in [9.17, 15) is 18.0 Å². The monoisotopic (exact) mass is 448 g/mol. The zero-order valence-electron chi connectivity index (χ0n) is 16.9. The first-order valence-corrected chi connectivity index (χ1v) is 11.3.